The molecule has 0 unspecified atom stereocenters. The molecule has 0 saturated heterocycles. The number of benzene rings is 3. The summed E-state index contributed by atoms with van der Waals surface area (Å²) in [5.41, 5.74) is 5.51. The second-order valence-corrected chi connectivity index (χ2v) is 9.77. The molecule has 0 aliphatic rings. The second-order valence-electron chi connectivity index (χ2n) is 8.42. The van der Waals surface area contributed by atoms with Gasteiger partial charge in [-0.2, -0.15) is 0 Å². The maximum Gasteiger partial charge on any atom is 0.251 e. The third kappa shape index (κ3) is 5.79. The van der Waals surface area contributed by atoms with Gasteiger partial charge in [-0.1, -0.05) is 71.9 Å². The van der Waals surface area contributed by atoms with Crippen molar-refractivity contribution in [1.29, 1.82) is 0 Å². The first-order valence-electron chi connectivity index (χ1n) is 11.8. The van der Waals surface area contributed by atoms with Crippen LogP contribution in [-0.2, 0) is 18.8 Å². The van der Waals surface area contributed by atoms with Gasteiger partial charge in [-0.25, -0.2) is 4.98 Å². The summed E-state index contributed by atoms with van der Waals surface area (Å²) in [6, 6.07) is 25.1. The average molecular weight is 529 g/mol. The minimum atomic E-state index is -0.134. The van der Waals surface area contributed by atoms with Crippen molar-refractivity contribution >= 4 is 40.3 Å². The van der Waals surface area contributed by atoms with Gasteiger partial charge in [0.2, 0.25) is 0 Å². The lowest BCUT2D eigenvalue weighted by molar-refractivity contribution is 0.0950. The molecule has 0 radical (unpaired) electrons. The molecule has 5 rings (SSSR count). The summed E-state index contributed by atoms with van der Waals surface area (Å²) in [6.07, 6.45) is 3.59. The molecule has 37 heavy (non-hydrogen) atoms. The number of hydrogen-bond donors (Lipinski definition) is 1. The monoisotopic (exact) mass is 528 g/mol. The minimum absolute atomic E-state index is 0.134. The van der Waals surface area contributed by atoms with Gasteiger partial charge in [0.15, 0.2) is 5.16 Å². The lowest BCUT2D eigenvalue weighted by Gasteiger charge is -2.11. The highest BCUT2D eigenvalue weighted by molar-refractivity contribution is 7.98. The molecule has 186 valence electrons. The maximum atomic E-state index is 12.7. The zero-order valence-electron chi connectivity index (χ0n) is 20.2. The number of aromatic nitrogens is 3. The number of nitrogens with one attached hydrogen (secondary N) is 1. The Morgan fingerprint density at radius 2 is 1.76 bits per heavy atom. The summed E-state index contributed by atoms with van der Waals surface area (Å²) in [4.78, 5) is 21.9. The van der Waals surface area contributed by atoms with E-state index in [1.807, 2.05) is 85.1 Å². The average Bonchev–Trinajstić information content (AvgIpc) is 3.29. The first-order valence-corrected chi connectivity index (χ1v) is 13.1. The molecule has 5 aromatic rings. The molecule has 8 heteroatoms. The molecule has 0 bridgehead atoms. The number of ether oxygens (including phenoxy) is 1. The summed E-state index contributed by atoms with van der Waals surface area (Å²) < 4.78 is 7.52. The second kappa shape index (κ2) is 11.5. The minimum Gasteiger partial charge on any atom is -0.496 e. The molecule has 2 heterocycles. The van der Waals surface area contributed by atoms with Gasteiger partial charge in [0, 0.05) is 34.6 Å². The highest BCUT2D eigenvalue weighted by Crippen LogP contribution is 2.29. The van der Waals surface area contributed by atoms with E-state index in [9.17, 15) is 4.79 Å². The Balaban J connectivity index is 1.30. The number of carbonyl (C=O) groups is 1. The smallest absolute Gasteiger partial charge is 0.251 e. The van der Waals surface area contributed by atoms with Crippen LogP contribution in [0.5, 0.6) is 5.75 Å². The Bertz CT molecular complexity index is 1540. The zero-order chi connectivity index (χ0) is 25.6. The zero-order valence-corrected chi connectivity index (χ0v) is 21.8. The Hall–Kier alpha value is -3.81. The molecule has 2 aromatic heterocycles. The Labute approximate surface area is 224 Å². The molecule has 0 aliphatic heterocycles. The van der Waals surface area contributed by atoms with E-state index >= 15 is 0 Å². The molecule has 0 fully saturated rings. The molecule has 0 saturated carbocycles. The lowest BCUT2D eigenvalue weighted by Crippen LogP contribution is -2.23. The van der Waals surface area contributed by atoms with Crippen molar-refractivity contribution in [2.24, 2.45) is 0 Å². The Morgan fingerprint density at radius 1 is 1.00 bits per heavy atom. The summed E-state index contributed by atoms with van der Waals surface area (Å²) in [7, 11) is 1.62. The molecule has 0 aliphatic carbocycles. The fraction of sp³-hybridized carbons (Fsp3) is 0.138. The predicted molar refractivity (Wildman–Crippen MR) is 148 cm³/mol. The SMILES string of the molecule is COc1ccccc1CNC(=O)c1ccc(Cn2c(SCc3ccccc3Cl)nc3ccncc32)cc1. The third-order valence-electron chi connectivity index (χ3n) is 6.02. The van der Waals surface area contributed by atoms with E-state index in [2.05, 4.69) is 14.9 Å². The molecule has 6 nitrogen and oxygen atoms in total. The van der Waals surface area contributed by atoms with Gasteiger partial charge in [-0.05, 0) is 41.5 Å². The van der Waals surface area contributed by atoms with Gasteiger partial charge in [-0.3, -0.25) is 9.78 Å². The van der Waals surface area contributed by atoms with Crippen molar-refractivity contribution in [3.8, 4) is 5.75 Å². The third-order valence-corrected chi connectivity index (χ3v) is 7.41. The molecular weight excluding hydrogens is 504 g/mol. The van der Waals surface area contributed by atoms with Crippen LogP contribution in [0.1, 0.15) is 27.0 Å². The number of carbonyl (C=O) groups excluding carboxylic acids is 1. The fourth-order valence-electron chi connectivity index (χ4n) is 4.04. The molecule has 1 N–H and O–H groups in total. The van der Waals surface area contributed by atoms with Crippen LogP contribution < -0.4 is 10.1 Å². The van der Waals surface area contributed by atoms with Crippen LogP contribution in [0.2, 0.25) is 5.02 Å². The maximum absolute atomic E-state index is 12.7. The topological polar surface area (TPSA) is 69.0 Å². The van der Waals surface area contributed by atoms with E-state index in [-0.39, 0.29) is 5.91 Å². The summed E-state index contributed by atoms with van der Waals surface area (Å²) in [5, 5.41) is 4.61. The van der Waals surface area contributed by atoms with Gasteiger partial charge >= 0.3 is 0 Å². The first-order chi connectivity index (χ1) is 18.1. The number of rotatable bonds is 9. The molecule has 3 aromatic carbocycles. The number of fused-ring (bicyclic) bond motifs is 1. The standard InChI is InChI=1S/C29H25ClN4O2S/c1-36-27-9-5-3-6-22(27)16-32-28(35)21-12-10-20(11-13-21)18-34-26-17-31-15-14-25(26)33-29(34)37-19-23-7-2-4-8-24(23)30/h2-15,17H,16,18-19H2,1H3,(H,32,35). The van der Waals surface area contributed by atoms with Crippen LogP contribution in [0.3, 0.4) is 0 Å². The van der Waals surface area contributed by atoms with Gasteiger partial charge in [0.25, 0.3) is 5.91 Å². The highest BCUT2D eigenvalue weighted by Gasteiger charge is 2.14. The van der Waals surface area contributed by atoms with Gasteiger partial charge < -0.3 is 14.6 Å². The van der Waals surface area contributed by atoms with E-state index in [4.69, 9.17) is 21.3 Å². The van der Waals surface area contributed by atoms with E-state index in [0.29, 0.717) is 24.4 Å². The Morgan fingerprint density at radius 3 is 2.54 bits per heavy atom. The van der Waals surface area contributed by atoms with Gasteiger partial charge in [0.1, 0.15) is 5.75 Å². The van der Waals surface area contributed by atoms with Gasteiger partial charge in [-0.15, -0.1) is 0 Å². The Kier molecular flexibility index (Phi) is 7.73. The number of nitrogens with zero attached hydrogens (tertiary/aromatic N) is 3. The largest absolute Gasteiger partial charge is 0.496 e. The van der Waals surface area contributed by atoms with E-state index < -0.39 is 0 Å². The number of para-hydroxylation sites is 1. The quantitative estimate of drug-likeness (QED) is 0.225. The molecular formula is C29H25ClN4O2S. The van der Waals surface area contributed by atoms with Crippen molar-refractivity contribution < 1.29 is 9.53 Å². The summed E-state index contributed by atoms with van der Waals surface area (Å²) in [6.45, 7) is 1.00. The molecule has 0 spiro atoms. The van der Waals surface area contributed by atoms with Crippen LogP contribution >= 0.6 is 23.4 Å². The normalized spacial score (nSPS) is 11.0. The number of methoxy groups -OCH3 is 1. The van der Waals surface area contributed by atoms with Crippen molar-refractivity contribution in [3.63, 3.8) is 0 Å². The summed E-state index contributed by atoms with van der Waals surface area (Å²) >= 11 is 8.00. The first kappa shape index (κ1) is 24.9. The van der Waals surface area contributed by atoms with Crippen LogP contribution in [0, 0.1) is 0 Å². The number of pyridine rings is 1. The van der Waals surface area contributed by atoms with Crippen LogP contribution in [0.4, 0.5) is 0 Å². The fourth-order valence-corrected chi connectivity index (χ4v) is 5.34. The number of amides is 1. The highest BCUT2D eigenvalue weighted by atomic mass is 35.5. The van der Waals surface area contributed by atoms with E-state index in [0.717, 1.165) is 43.7 Å². The van der Waals surface area contributed by atoms with E-state index in [1.165, 1.54) is 0 Å². The number of halogens is 1. The van der Waals surface area contributed by atoms with Crippen molar-refractivity contribution in [2.45, 2.75) is 24.0 Å². The van der Waals surface area contributed by atoms with Crippen LogP contribution in [-0.4, -0.2) is 27.6 Å². The lowest BCUT2D eigenvalue weighted by atomic mass is 10.1. The predicted octanol–water partition coefficient (Wildman–Crippen LogP) is 6.36. The van der Waals surface area contributed by atoms with Crippen LogP contribution in [0.25, 0.3) is 11.0 Å². The van der Waals surface area contributed by atoms with Crippen molar-refractivity contribution in [2.75, 3.05) is 7.11 Å². The van der Waals surface area contributed by atoms with Crippen LogP contribution in [0.15, 0.2) is 96.4 Å². The summed E-state index contributed by atoms with van der Waals surface area (Å²) in [5.74, 6) is 1.33. The number of thioether (sulfide) groups is 1. The molecule has 0 atom stereocenters. The van der Waals surface area contributed by atoms with Gasteiger partial charge in [0.05, 0.1) is 30.9 Å². The number of imidazole rings is 1. The number of hydrogen-bond acceptors (Lipinski definition) is 5. The van der Waals surface area contributed by atoms with Crippen molar-refractivity contribution in [1.82, 2.24) is 19.9 Å². The van der Waals surface area contributed by atoms with E-state index in [1.54, 1.807) is 25.1 Å². The van der Waals surface area contributed by atoms with Crippen molar-refractivity contribution in [3.05, 3.63) is 119 Å². The molecule has 1 amide bonds.